The van der Waals surface area contributed by atoms with E-state index in [0.29, 0.717) is 6.42 Å². The minimum atomic E-state index is -1.09. The van der Waals surface area contributed by atoms with Gasteiger partial charge in [-0.1, -0.05) is 20.8 Å². The van der Waals surface area contributed by atoms with Crippen LogP contribution >= 0.6 is 0 Å². The van der Waals surface area contributed by atoms with Crippen LogP contribution in [0.2, 0.25) is 0 Å². The molecule has 19 heavy (non-hydrogen) atoms. The number of aliphatic hydroxyl groups is 1. The molecule has 1 radical (unpaired) electrons. The Balaban J connectivity index is 0.00000324. The van der Waals surface area contributed by atoms with Crippen molar-refractivity contribution in [1.29, 1.82) is 0 Å². The summed E-state index contributed by atoms with van der Waals surface area (Å²) in [6.45, 7) is 10.5. The Morgan fingerprint density at radius 2 is 1.74 bits per heavy atom. The van der Waals surface area contributed by atoms with Gasteiger partial charge in [-0.2, -0.15) is 5.06 Å². The summed E-state index contributed by atoms with van der Waals surface area (Å²) in [4.78, 5) is 5.68. The summed E-state index contributed by atoms with van der Waals surface area (Å²) in [7, 11) is 3.30. The molecule has 1 fully saturated rings. The van der Waals surface area contributed by atoms with Gasteiger partial charge in [-0.05, 0) is 26.7 Å². The first kappa shape index (κ1) is 19.9. The second-order valence-corrected chi connectivity index (χ2v) is 5.99. The van der Waals surface area contributed by atoms with Crippen LogP contribution in [-0.4, -0.2) is 41.3 Å². The van der Waals surface area contributed by atoms with Gasteiger partial charge in [-0.25, -0.2) is 0 Å². The monoisotopic (exact) mass is 348 g/mol. The van der Waals surface area contributed by atoms with Gasteiger partial charge in [-0.15, -0.1) is 0 Å². The minimum Gasteiger partial charge on any atom is -0.365 e. The zero-order chi connectivity index (χ0) is 14.2. The molecule has 0 saturated carbocycles. The number of hydroxylamine groups is 2. The van der Waals surface area contributed by atoms with Crippen molar-refractivity contribution in [3.63, 3.8) is 0 Å². The van der Waals surface area contributed by atoms with Gasteiger partial charge in [0.1, 0.15) is 0 Å². The molecule has 1 aliphatic heterocycles. The van der Waals surface area contributed by atoms with Crippen LogP contribution in [-0.2, 0) is 42.3 Å². The normalized spacial score (nSPS) is 43.9. The zero-order valence-electron chi connectivity index (χ0n) is 13.5. The Morgan fingerprint density at radius 3 is 2.05 bits per heavy atom. The van der Waals surface area contributed by atoms with Crippen LogP contribution < -0.4 is 0 Å². The van der Waals surface area contributed by atoms with E-state index in [1.807, 2.05) is 6.92 Å². The third-order valence-electron chi connectivity index (χ3n) is 5.21. The van der Waals surface area contributed by atoms with Crippen molar-refractivity contribution in [3.8, 4) is 0 Å². The van der Waals surface area contributed by atoms with Crippen LogP contribution in [0.4, 0.5) is 0 Å². The second kappa shape index (κ2) is 6.80. The maximum atomic E-state index is 10.8. The van der Waals surface area contributed by atoms with Gasteiger partial charge in [0.25, 0.3) is 0 Å². The topological polar surface area (TPSA) is 41.9 Å². The Labute approximate surface area is 143 Å². The van der Waals surface area contributed by atoms with E-state index in [-0.39, 0.29) is 49.7 Å². The van der Waals surface area contributed by atoms with Crippen LogP contribution in [0.3, 0.4) is 0 Å². The summed E-state index contributed by atoms with van der Waals surface area (Å²) >= 11 is 0. The van der Waals surface area contributed by atoms with Gasteiger partial charge in [0.05, 0.1) is 12.6 Å². The van der Waals surface area contributed by atoms with Gasteiger partial charge in [-0.3, -0.25) is 0 Å². The largest absolute Gasteiger partial charge is 0.365 e. The zero-order valence-corrected chi connectivity index (χ0v) is 16.3. The maximum Gasteiger partial charge on any atom is 0.171 e. The van der Waals surface area contributed by atoms with E-state index in [9.17, 15) is 5.11 Å². The summed E-state index contributed by atoms with van der Waals surface area (Å²) in [5.41, 5.74) is -0.473. The van der Waals surface area contributed by atoms with Gasteiger partial charge >= 0.3 is 0 Å². The Hall–Kier alpha value is 0.944. The van der Waals surface area contributed by atoms with Crippen molar-refractivity contribution in [2.75, 3.05) is 14.2 Å². The van der Waals surface area contributed by atoms with E-state index in [1.165, 1.54) is 0 Å². The molecule has 1 heterocycles. The van der Waals surface area contributed by atoms with Gasteiger partial charge in [0, 0.05) is 57.7 Å². The quantitative estimate of drug-likeness (QED) is 0.793. The summed E-state index contributed by atoms with van der Waals surface area (Å²) in [5.74, 6) is -1.12. The third kappa shape index (κ3) is 3.09. The molecule has 4 unspecified atom stereocenters. The molecule has 4 atom stereocenters. The Kier molecular flexibility index (Phi) is 7.14. The molecule has 1 aliphatic rings. The molecule has 0 aliphatic carbocycles. The van der Waals surface area contributed by atoms with Crippen molar-refractivity contribution in [2.45, 2.75) is 70.7 Å². The van der Waals surface area contributed by atoms with E-state index in [2.05, 4.69) is 32.8 Å². The Bertz CT molecular complexity index is 304. The molecular formula is C14H29NO3Y. The summed E-state index contributed by atoms with van der Waals surface area (Å²) in [6.07, 6.45) is 2.34. The fraction of sp³-hybridized carbons (Fsp3) is 1.00. The van der Waals surface area contributed by atoms with Crippen molar-refractivity contribution in [2.24, 2.45) is 5.92 Å². The molecule has 5 heteroatoms. The first-order chi connectivity index (χ1) is 8.24. The molecule has 0 bridgehead atoms. The number of nitrogens with zero attached hydrogens (tertiary/aromatic N) is 1. The third-order valence-corrected chi connectivity index (χ3v) is 5.21. The maximum absolute atomic E-state index is 10.8. The van der Waals surface area contributed by atoms with Crippen molar-refractivity contribution in [3.05, 3.63) is 0 Å². The van der Waals surface area contributed by atoms with E-state index >= 15 is 0 Å². The molecule has 0 aromatic rings. The van der Waals surface area contributed by atoms with Crippen LogP contribution in [0, 0.1) is 5.92 Å². The second-order valence-electron chi connectivity index (χ2n) is 5.99. The average Bonchev–Trinajstić information content (AvgIpc) is 2.36. The van der Waals surface area contributed by atoms with E-state index in [1.54, 1.807) is 14.2 Å². The number of hydrogen-bond acceptors (Lipinski definition) is 4. The van der Waals surface area contributed by atoms with Crippen molar-refractivity contribution in [1.82, 2.24) is 5.06 Å². The fourth-order valence-corrected chi connectivity index (χ4v) is 3.45. The number of piperidine rings is 1. The van der Waals surface area contributed by atoms with E-state index in [0.717, 1.165) is 12.8 Å². The molecule has 0 amide bonds. The number of hydrogen-bond donors (Lipinski definition) is 1. The van der Waals surface area contributed by atoms with Gasteiger partial charge < -0.3 is 14.7 Å². The molecule has 1 rings (SSSR count). The predicted molar refractivity (Wildman–Crippen MR) is 72.0 cm³/mol. The minimum absolute atomic E-state index is 0. The summed E-state index contributed by atoms with van der Waals surface area (Å²) < 4.78 is 5.45. The van der Waals surface area contributed by atoms with Crippen molar-refractivity contribution < 1.29 is 47.4 Å². The summed E-state index contributed by atoms with van der Waals surface area (Å²) in [6, 6.07) is 0. The molecule has 1 N–H and O–H groups in total. The SMILES string of the molecule is CCC1(C)CC(O)(OC)C(C)C(C)(CC)N1OC.[Y]. The van der Waals surface area contributed by atoms with Gasteiger partial charge in [0.2, 0.25) is 0 Å². The average molecular weight is 348 g/mol. The van der Waals surface area contributed by atoms with Crippen LogP contribution in [0.25, 0.3) is 0 Å². The molecule has 0 spiro atoms. The van der Waals surface area contributed by atoms with Crippen LogP contribution in [0.1, 0.15) is 53.9 Å². The number of methoxy groups -OCH3 is 1. The molecular weight excluding hydrogens is 319 g/mol. The molecule has 1 saturated heterocycles. The van der Waals surface area contributed by atoms with Crippen LogP contribution in [0.5, 0.6) is 0 Å². The predicted octanol–water partition coefficient (Wildman–Crippen LogP) is 2.56. The summed E-state index contributed by atoms with van der Waals surface area (Å²) in [5, 5.41) is 12.9. The number of ether oxygens (including phenoxy) is 1. The van der Waals surface area contributed by atoms with Crippen LogP contribution in [0.15, 0.2) is 0 Å². The first-order valence-electron chi connectivity index (χ1n) is 6.86. The van der Waals surface area contributed by atoms with Gasteiger partial charge in [0.15, 0.2) is 5.79 Å². The fourth-order valence-electron chi connectivity index (χ4n) is 3.45. The van der Waals surface area contributed by atoms with E-state index < -0.39 is 5.79 Å². The molecule has 0 aromatic carbocycles. The van der Waals surface area contributed by atoms with E-state index in [4.69, 9.17) is 9.57 Å². The smallest absolute Gasteiger partial charge is 0.171 e. The molecule has 4 nitrogen and oxygen atoms in total. The first-order valence-corrected chi connectivity index (χ1v) is 6.86. The molecule has 111 valence electrons. The molecule has 0 aromatic heterocycles. The number of rotatable bonds is 4. The standard InChI is InChI=1S/C14H29NO3.Y/c1-8-12(4)10-14(16,17-6)11(3)13(5,9-2)15(12)18-7;/h11,16H,8-10H2,1-7H3;. The van der Waals surface area contributed by atoms with Crippen molar-refractivity contribution >= 4 is 0 Å². The Morgan fingerprint density at radius 1 is 1.21 bits per heavy atom.